The van der Waals surface area contributed by atoms with Crippen LogP contribution in [0.3, 0.4) is 0 Å². The number of nitrogens with two attached hydrogens (primary N) is 4. The number of hydrogen-bond donors (Lipinski definition) is 8. The molecule has 0 bridgehead atoms. The second kappa shape index (κ2) is 11.0. The predicted molar refractivity (Wildman–Crippen MR) is 99.5 cm³/mol. The molecule has 2 aromatic rings. The fourth-order valence-corrected chi connectivity index (χ4v) is 2.07. The number of hydrazine groups is 4. The molecule has 2 aromatic carbocycles. The van der Waals surface area contributed by atoms with Gasteiger partial charge in [0.2, 0.25) is 0 Å². The lowest BCUT2D eigenvalue weighted by molar-refractivity contribution is 0.0919. The van der Waals surface area contributed by atoms with E-state index >= 15 is 0 Å². The molecule has 0 aliphatic rings. The highest BCUT2D eigenvalue weighted by molar-refractivity contribution is 6.07. The van der Waals surface area contributed by atoms with Crippen LogP contribution in [0.1, 0.15) is 41.4 Å². The summed E-state index contributed by atoms with van der Waals surface area (Å²) in [6.45, 7) is 0. The maximum atomic E-state index is 11.2. The predicted octanol–water partition coefficient (Wildman–Crippen LogP) is -2.21. The Morgan fingerprint density at radius 3 is 0.786 bits per heavy atom. The van der Waals surface area contributed by atoms with Crippen molar-refractivity contribution in [2.45, 2.75) is 0 Å². The van der Waals surface area contributed by atoms with Crippen LogP contribution in [0.5, 0.6) is 0 Å². The minimum Gasteiger partial charge on any atom is -0.290 e. The molecule has 12 heteroatoms. The van der Waals surface area contributed by atoms with Crippen molar-refractivity contribution < 1.29 is 19.2 Å². The summed E-state index contributed by atoms with van der Waals surface area (Å²) in [7, 11) is 0. The number of amides is 4. The van der Waals surface area contributed by atoms with Crippen LogP contribution >= 0.6 is 0 Å². The van der Waals surface area contributed by atoms with Crippen LogP contribution in [0.25, 0.3) is 0 Å². The van der Waals surface area contributed by atoms with Crippen LogP contribution in [-0.2, 0) is 0 Å². The molecule has 0 saturated heterocycles. The van der Waals surface area contributed by atoms with Gasteiger partial charge in [-0.15, -0.1) is 0 Å². The Balaban J connectivity index is 0.000000280. The Bertz CT molecular complexity index is 730. The summed E-state index contributed by atoms with van der Waals surface area (Å²) < 4.78 is 0. The molecular formula is C16H20N8O4. The van der Waals surface area contributed by atoms with E-state index in [4.69, 9.17) is 23.4 Å². The summed E-state index contributed by atoms with van der Waals surface area (Å²) in [4.78, 5) is 44.8. The summed E-state index contributed by atoms with van der Waals surface area (Å²) in [6, 6.07) is 12.4. The van der Waals surface area contributed by atoms with E-state index in [2.05, 4.69) is 0 Å². The number of nitrogen functional groups attached to an aromatic ring is 4. The van der Waals surface area contributed by atoms with Gasteiger partial charge in [0.25, 0.3) is 23.6 Å². The van der Waals surface area contributed by atoms with Crippen LogP contribution in [0.4, 0.5) is 0 Å². The molecule has 4 amide bonds. The van der Waals surface area contributed by atoms with Crippen molar-refractivity contribution >= 4 is 23.6 Å². The molecule has 0 aliphatic heterocycles. The van der Waals surface area contributed by atoms with Crippen molar-refractivity contribution in [3.63, 3.8) is 0 Å². The smallest absolute Gasteiger partial charge is 0.265 e. The fourth-order valence-electron chi connectivity index (χ4n) is 2.07. The van der Waals surface area contributed by atoms with Gasteiger partial charge in [0.15, 0.2) is 0 Å². The zero-order valence-electron chi connectivity index (χ0n) is 14.6. The third-order valence-electron chi connectivity index (χ3n) is 3.36. The van der Waals surface area contributed by atoms with Crippen LogP contribution < -0.4 is 45.1 Å². The highest BCUT2D eigenvalue weighted by atomic mass is 16.2. The van der Waals surface area contributed by atoms with Gasteiger partial charge in [-0.1, -0.05) is 24.3 Å². The number of nitrogens with one attached hydrogen (secondary N) is 4. The lowest BCUT2D eigenvalue weighted by atomic mass is 10.1. The quantitative estimate of drug-likeness (QED) is 0.162. The van der Waals surface area contributed by atoms with Crippen molar-refractivity contribution in [1.29, 1.82) is 0 Å². The average molecular weight is 388 g/mol. The lowest BCUT2D eigenvalue weighted by Crippen LogP contribution is -2.35. The molecule has 0 aromatic heterocycles. The van der Waals surface area contributed by atoms with E-state index in [1.165, 1.54) is 24.3 Å². The maximum absolute atomic E-state index is 11.2. The Morgan fingerprint density at radius 1 is 0.464 bits per heavy atom. The largest absolute Gasteiger partial charge is 0.290 e. The average Bonchev–Trinajstić information content (AvgIpc) is 2.77. The first-order chi connectivity index (χ1) is 13.4. The minimum absolute atomic E-state index is 0.179. The topological polar surface area (TPSA) is 220 Å². The molecule has 0 heterocycles. The Morgan fingerprint density at radius 2 is 0.643 bits per heavy atom. The van der Waals surface area contributed by atoms with Gasteiger partial charge >= 0.3 is 0 Å². The van der Waals surface area contributed by atoms with E-state index in [0.29, 0.717) is 0 Å². The molecule has 0 fully saturated rings. The first-order valence-electron chi connectivity index (χ1n) is 7.63. The number of rotatable bonds is 4. The van der Waals surface area contributed by atoms with E-state index in [9.17, 15) is 19.2 Å². The zero-order valence-corrected chi connectivity index (χ0v) is 14.6. The first kappa shape index (κ1) is 22.2. The van der Waals surface area contributed by atoms with Crippen LogP contribution in [0, 0.1) is 0 Å². The third kappa shape index (κ3) is 5.58. The summed E-state index contributed by atoms with van der Waals surface area (Å²) in [5.41, 5.74) is 8.48. The number of hydrogen-bond acceptors (Lipinski definition) is 8. The van der Waals surface area contributed by atoms with Gasteiger partial charge in [0, 0.05) is 0 Å². The molecule has 0 unspecified atom stereocenters. The normalized spacial score (nSPS) is 9.29. The molecule has 0 spiro atoms. The monoisotopic (exact) mass is 388 g/mol. The molecule has 12 N–H and O–H groups in total. The molecule has 28 heavy (non-hydrogen) atoms. The molecule has 0 radical (unpaired) electrons. The summed E-state index contributed by atoms with van der Waals surface area (Å²) in [6.07, 6.45) is 0. The summed E-state index contributed by atoms with van der Waals surface area (Å²) >= 11 is 0. The van der Waals surface area contributed by atoms with Crippen LogP contribution in [0.15, 0.2) is 48.5 Å². The molecule has 0 atom stereocenters. The standard InChI is InChI=1S/2C8H10N4O2/c2*9-11-7(13)5-3-1-2-4-6(5)8(14)12-10/h2*1-4H,9-10H2,(H,11,13)(H,12,14). The van der Waals surface area contributed by atoms with Crippen LogP contribution in [0.2, 0.25) is 0 Å². The van der Waals surface area contributed by atoms with Gasteiger partial charge in [-0.2, -0.15) is 0 Å². The van der Waals surface area contributed by atoms with Gasteiger partial charge in [-0.25, -0.2) is 23.4 Å². The highest BCUT2D eigenvalue weighted by Gasteiger charge is 2.15. The van der Waals surface area contributed by atoms with Crippen LogP contribution in [-0.4, -0.2) is 23.6 Å². The summed E-state index contributed by atoms with van der Waals surface area (Å²) in [5.74, 6) is 17.7. The number of carbonyl (C=O) groups excluding carboxylic acids is 4. The SMILES string of the molecule is NNC(=O)c1ccccc1C(=O)NN.NNC(=O)c1ccccc1C(=O)NN. The summed E-state index contributed by atoms with van der Waals surface area (Å²) in [5, 5.41) is 0. The van der Waals surface area contributed by atoms with E-state index in [0.717, 1.165) is 0 Å². The Hall–Kier alpha value is -3.84. The molecule has 0 saturated carbocycles. The highest BCUT2D eigenvalue weighted by Crippen LogP contribution is 2.08. The lowest BCUT2D eigenvalue weighted by Gasteiger charge is -2.05. The molecule has 12 nitrogen and oxygen atoms in total. The van der Waals surface area contributed by atoms with Gasteiger partial charge in [-0.3, -0.25) is 40.9 Å². The zero-order chi connectivity index (χ0) is 21.1. The first-order valence-corrected chi connectivity index (χ1v) is 7.63. The Labute approximate surface area is 159 Å². The minimum atomic E-state index is -0.538. The van der Waals surface area contributed by atoms with Crippen molar-refractivity contribution in [3.8, 4) is 0 Å². The van der Waals surface area contributed by atoms with Gasteiger partial charge in [-0.05, 0) is 24.3 Å². The van der Waals surface area contributed by atoms with Crippen molar-refractivity contribution in [1.82, 2.24) is 21.7 Å². The second-order valence-electron chi connectivity index (χ2n) is 4.99. The third-order valence-corrected chi connectivity index (χ3v) is 3.36. The molecular weight excluding hydrogens is 368 g/mol. The second-order valence-corrected chi connectivity index (χ2v) is 4.99. The fraction of sp³-hybridized carbons (Fsp3) is 0. The molecule has 2 rings (SSSR count). The van der Waals surface area contributed by atoms with E-state index in [1.807, 2.05) is 21.7 Å². The molecule has 148 valence electrons. The number of benzene rings is 2. The van der Waals surface area contributed by atoms with E-state index in [1.54, 1.807) is 24.3 Å². The number of carbonyl (C=O) groups is 4. The van der Waals surface area contributed by atoms with Gasteiger partial charge in [0.1, 0.15) is 0 Å². The molecule has 0 aliphatic carbocycles. The van der Waals surface area contributed by atoms with Crippen molar-refractivity contribution in [3.05, 3.63) is 70.8 Å². The van der Waals surface area contributed by atoms with Crippen molar-refractivity contribution in [2.75, 3.05) is 0 Å². The van der Waals surface area contributed by atoms with E-state index < -0.39 is 23.6 Å². The van der Waals surface area contributed by atoms with Crippen molar-refractivity contribution in [2.24, 2.45) is 23.4 Å². The van der Waals surface area contributed by atoms with E-state index in [-0.39, 0.29) is 22.3 Å². The van der Waals surface area contributed by atoms with Gasteiger partial charge in [0.05, 0.1) is 22.3 Å². The van der Waals surface area contributed by atoms with Gasteiger partial charge < -0.3 is 0 Å². The Kier molecular flexibility index (Phi) is 8.72. The maximum Gasteiger partial charge on any atom is 0.265 e.